The van der Waals surface area contributed by atoms with Crippen molar-refractivity contribution >= 4 is 38.1 Å². The first kappa shape index (κ1) is 23.6. The minimum Gasteiger partial charge on any atom is -0.479 e. The Labute approximate surface area is 205 Å². The molecule has 1 saturated heterocycles. The van der Waals surface area contributed by atoms with Gasteiger partial charge >= 0.3 is 0 Å². The molecule has 8 nitrogen and oxygen atoms in total. The van der Waals surface area contributed by atoms with E-state index in [0.717, 1.165) is 73.5 Å². The number of fused-ring (bicyclic) bond motifs is 2. The number of piperazine rings is 1. The van der Waals surface area contributed by atoms with Crippen LogP contribution in [0, 0.1) is 0 Å². The summed E-state index contributed by atoms with van der Waals surface area (Å²) in [6, 6.07) is 18.8. The number of sulfonamides is 1. The van der Waals surface area contributed by atoms with Gasteiger partial charge in [-0.25, -0.2) is 13.1 Å². The van der Waals surface area contributed by atoms with Crippen molar-refractivity contribution in [1.82, 2.24) is 9.62 Å². The minimum atomic E-state index is -3.51. The second-order valence-electron chi connectivity index (χ2n) is 8.93. The van der Waals surface area contributed by atoms with E-state index in [1.165, 1.54) is 0 Å². The molecule has 184 valence electrons. The van der Waals surface area contributed by atoms with Gasteiger partial charge in [0.15, 0.2) is 12.4 Å². The first-order chi connectivity index (χ1) is 17.0. The number of hydrogen-bond acceptors (Lipinski definition) is 6. The highest BCUT2D eigenvalue weighted by atomic mass is 32.2. The lowest BCUT2D eigenvalue weighted by Gasteiger charge is -2.37. The molecule has 35 heavy (non-hydrogen) atoms. The number of nitrogens with zero attached hydrogens (tertiary/aromatic N) is 2. The molecule has 0 atom stereocenters. The highest BCUT2D eigenvalue weighted by Crippen LogP contribution is 2.38. The summed E-state index contributed by atoms with van der Waals surface area (Å²) in [5, 5.41) is 4.81. The summed E-state index contributed by atoms with van der Waals surface area (Å²) in [5.41, 5.74) is 1.75. The van der Waals surface area contributed by atoms with Crippen molar-refractivity contribution in [3.63, 3.8) is 0 Å². The van der Waals surface area contributed by atoms with Crippen molar-refractivity contribution < 1.29 is 17.9 Å². The normalized spacial score (nSPS) is 16.6. The van der Waals surface area contributed by atoms with E-state index in [9.17, 15) is 13.2 Å². The van der Waals surface area contributed by atoms with Crippen molar-refractivity contribution in [3.05, 3.63) is 60.7 Å². The van der Waals surface area contributed by atoms with Gasteiger partial charge in [-0.15, -0.1) is 0 Å². The van der Waals surface area contributed by atoms with Crippen molar-refractivity contribution in [2.24, 2.45) is 0 Å². The van der Waals surface area contributed by atoms with Crippen LogP contribution in [0.25, 0.3) is 10.8 Å². The zero-order valence-corrected chi connectivity index (χ0v) is 20.4. The first-order valence-corrected chi connectivity index (χ1v) is 13.5. The highest BCUT2D eigenvalue weighted by molar-refractivity contribution is 7.89. The van der Waals surface area contributed by atoms with Crippen LogP contribution in [0.4, 0.5) is 11.4 Å². The smallest absolute Gasteiger partial charge is 0.262 e. The molecular weight excluding hydrogens is 464 g/mol. The Bertz CT molecular complexity index is 1320. The molecule has 0 radical (unpaired) electrons. The molecule has 3 aromatic rings. The second-order valence-corrected chi connectivity index (χ2v) is 10.7. The molecule has 0 spiro atoms. The number of hydrogen-bond donors (Lipinski definition) is 2. The van der Waals surface area contributed by atoms with E-state index >= 15 is 0 Å². The van der Waals surface area contributed by atoms with Crippen molar-refractivity contribution in [1.29, 1.82) is 0 Å². The maximum atomic E-state index is 12.7. The van der Waals surface area contributed by atoms with Gasteiger partial charge in [-0.2, -0.15) is 0 Å². The van der Waals surface area contributed by atoms with Gasteiger partial charge in [-0.1, -0.05) is 36.4 Å². The summed E-state index contributed by atoms with van der Waals surface area (Å²) in [6.07, 6.45) is 1.71. The Hall–Kier alpha value is -3.14. The molecule has 2 N–H and O–H groups in total. The van der Waals surface area contributed by atoms with Crippen molar-refractivity contribution in [3.8, 4) is 5.75 Å². The number of amides is 1. The third-order valence-corrected chi connectivity index (χ3v) is 8.01. The number of unbranched alkanes of at least 4 members (excludes halogenated alkanes) is 1. The predicted octanol–water partition coefficient (Wildman–Crippen LogP) is 3.05. The fourth-order valence-corrected chi connectivity index (χ4v) is 5.75. The molecule has 0 unspecified atom stereocenters. The van der Waals surface area contributed by atoms with Gasteiger partial charge in [0.1, 0.15) is 0 Å². The third-order valence-electron chi connectivity index (χ3n) is 6.55. The summed E-state index contributed by atoms with van der Waals surface area (Å²) < 4.78 is 33.8. The lowest BCUT2D eigenvalue weighted by Crippen LogP contribution is -2.47. The largest absolute Gasteiger partial charge is 0.479 e. The van der Waals surface area contributed by atoms with Gasteiger partial charge in [0, 0.05) is 32.7 Å². The molecule has 3 aromatic carbocycles. The summed E-state index contributed by atoms with van der Waals surface area (Å²) in [6.45, 7) is 5.02. The predicted molar refractivity (Wildman–Crippen MR) is 138 cm³/mol. The lowest BCUT2D eigenvalue weighted by molar-refractivity contribution is -0.118. The molecule has 1 fully saturated rings. The molecule has 2 aliphatic heterocycles. The standard InChI is InChI=1S/C26H30N4O4S/c31-25-19-34-26-23(28-25)8-5-9-24(26)30-16-14-29(15-17-30)13-4-3-12-27-35(32,33)22-11-10-20-6-1-2-7-21(20)18-22/h1-2,5-11,18,27H,3-4,12-17,19H2,(H,28,31). The van der Waals surface area contributed by atoms with Gasteiger partial charge in [0.2, 0.25) is 10.0 Å². The summed E-state index contributed by atoms with van der Waals surface area (Å²) >= 11 is 0. The van der Waals surface area contributed by atoms with Crippen LogP contribution in [0.15, 0.2) is 65.6 Å². The maximum absolute atomic E-state index is 12.7. The van der Waals surface area contributed by atoms with Crippen LogP contribution < -0.4 is 19.7 Å². The monoisotopic (exact) mass is 494 g/mol. The van der Waals surface area contributed by atoms with Crippen LogP contribution in [0.2, 0.25) is 0 Å². The molecule has 0 aliphatic carbocycles. The molecule has 2 aliphatic rings. The Balaban J connectivity index is 1.06. The van der Waals surface area contributed by atoms with Gasteiger partial charge in [0.25, 0.3) is 5.91 Å². The molecule has 2 heterocycles. The van der Waals surface area contributed by atoms with Crippen molar-refractivity contribution in [2.45, 2.75) is 17.7 Å². The molecule has 0 aromatic heterocycles. The van der Waals surface area contributed by atoms with E-state index in [4.69, 9.17) is 4.74 Å². The number of nitrogens with one attached hydrogen (secondary N) is 2. The first-order valence-electron chi connectivity index (χ1n) is 12.0. The number of rotatable bonds is 8. The van der Waals surface area contributed by atoms with E-state index in [-0.39, 0.29) is 12.5 Å². The van der Waals surface area contributed by atoms with Gasteiger partial charge in [-0.3, -0.25) is 9.69 Å². The fraction of sp³-hybridized carbons (Fsp3) is 0.346. The van der Waals surface area contributed by atoms with Gasteiger partial charge in [0.05, 0.1) is 16.3 Å². The summed E-state index contributed by atoms with van der Waals surface area (Å²) in [4.78, 5) is 16.6. The fourth-order valence-electron chi connectivity index (χ4n) is 4.65. The number of benzene rings is 3. The average molecular weight is 495 g/mol. The summed E-state index contributed by atoms with van der Waals surface area (Å²) in [7, 11) is -3.51. The number of para-hydroxylation sites is 1. The van der Waals surface area contributed by atoms with Crippen LogP contribution in [0.5, 0.6) is 5.75 Å². The SMILES string of the molecule is O=C1COc2c(cccc2N2CCN(CCCCNS(=O)(=O)c3ccc4ccccc4c3)CC2)N1. The Morgan fingerprint density at radius 3 is 2.54 bits per heavy atom. The van der Waals surface area contributed by atoms with E-state index in [0.29, 0.717) is 11.4 Å². The van der Waals surface area contributed by atoms with Crippen LogP contribution in [0.3, 0.4) is 0 Å². The molecule has 9 heteroatoms. The Kier molecular flexibility index (Phi) is 6.90. The maximum Gasteiger partial charge on any atom is 0.262 e. The van der Waals surface area contributed by atoms with E-state index in [1.807, 2.05) is 48.5 Å². The van der Waals surface area contributed by atoms with Crippen LogP contribution >= 0.6 is 0 Å². The van der Waals surface area contributed by atoms with Crippen molar-refractivity contribution in [2.75, 3.05) is 56.1 Å². The molecular formula is C26H30N4O4S. The van der Waals surface area contributed by atoms with Crippen LogP contribution in [-0.2, 0) is 14.8 Å². The molecule has 0 bridgehead atoms. The number of carbonyl (C=O) groups is 1. The molecule has 5 rings (SSSR count). The minimum absolute atomic E-state index is 0.0502. The highest BCUT2D eigenvalue weighted by Gasteiger charge is 2.24. The van der Waals surface area contributed by atoms with E-state index < -0.39 is 10.0 Å². The third kappa shape index (κ3) is 5.42. The van der Waals surface area contributed by atoms with Crippen LogP contribution in [0.1, 0.15) is 12.8 Å². The number of carbonyl (C=O) groups excluding carboxylic acids is 1. The zero-order valence-electron chi connectivity index (χ0n) is 19.6. The van der Waals surface area contributed by atoms with Gasteiger partial charge < -0.3 is 15.0 Å². The lowest BCUT2D eigenvalue weighted by atomic mass is 10.1. The Morgan fingerprint density at radius 1 is 0.914 bits per heavy atom. The summed E-state index contributed by atoms with van der Waals surface area (Å²) in [5.74, 6) is 0.623. The Morgan fingerprint density at radius 2 is 1.71 bits per heavy atom. The molecule has 1 amide bonds. The number of ether oxygens (including phenoxy) is 1. The topological polar surface area (TPSA) is 91.0 Å². The molecule has 0 saturated carbocycles. The van der Waals surface area contributed by atoms with Crippen LogP contribution in [-0.4, -0.2) is 65.1 Å². The quantitative estimate of drug-likeness (QED) is 0.468. The number of anilines is 2. The van der Waals surface area contributed by atoms with Gasteiger partial charge in [-0.05, 0) is 54.4 Å². The van der Waals surface area contributed by atoms with E-state index in [1.54, 1.807) is 12.1 Å². The average Bonchev–Trinajstić information content (AvgIpc) is 2.88. The van der Waals surface area contributed by atoms with E-state index in [2.05, 4.69) is 19.8 Å². The zero-order chi connectivity index (χ0) is 24.3. The second kappa shape index (κ2) is 10.2.